The maximum Gasteiger partial charge on any atom is 0.254 e. The van der Waals surface area contributed by atoms with Crippen molar-refractivity contribution in [1.29, 1.82) is 0 Å². The Kier molecular flexibility index (Phi) is 4.99. The summed E-state index contributed by atoms with van der Waals surface area (Å²) in [5.41, 5.74) is 2.65. The van der Waals surface area contributed by atoms with Gasteiger partial charge < -0.3 is 9.47 Å². The van der Waals surface area contributed by atoms with Crippen molar-refractivity contribution in [3.05, 3.63) is 53.9 Å². The number of rotatable bonds is 5. The van der Waals surface area contributed by atoms with Crippen LogP contribution < -0.4 is 0 Å². The first-order valence-corrected chi connectivity index (χ1v) is 10.5. The van der Waals surface area contributed by atoms with E-state index in [0.717, 1.165) is 17.7 Å². The Hall–Kier alpha value is -2.08. The molecular formula is C19H24N2O3S. The molecule has 0 N–H and O–H groups in total. The molecular weight excluding hydrogens is 336 g/mol. The standard InChI is InChI=1S/C19H24N2O3S/c1-3-9-21(17-8-12-25(23,24)14-17)19(22)16-7-6-15(2)18(13-16)20-10-4-5-11-20/h4-7,10-11,13,17H,3,8-9,12,14H2,1-2H3. The van der Waals surface area contributed by atoms with E-state index in [1.54, 1.807) is 4.90 Å². The summed E-state index contributed by atoms with van der Waals surface area (Å²) >= 11 is 0. The Morgan fingerprint density at radius 1 is 1.28 bits per heavy atom. The molecule has 1 aromatic heterocycles. The first-order chi connectivity index (χ1) is 11.9. The van der Waals surface area contributed by atoms with E-state index in [2.05, 4.69) is 0 Å². The second kappa shape index (κ2) is 7.04. The summed E-state index contributed by atoms with van der Waals surface area (Å²) in [4.78, 5) is 14.8. The summed E-state index contributed by atoms with van der Waals surface area (Å²) in [5.74, 6) is 0.167. The number of aromatic nitrogens is 1. The number of carbonyl (C=O) groups excluding carboxylic acids is 1. The number of sulfone groups is 1. The molecule has 1 unspecified atom stereocenters. The Morgan fingerprint density at radius 2 is 2.00 bits per heavy atom. The first kappa shape index (κ1) is 17.7. The van der Waals surface area contributed by atoms with Crippen molar-refractivity contribution < 1.29 is 13.2 Å². The van der Waals surface area contributed by atoms with Gasteiger partial charge in [0, 0.05) is 36.2 Å². The zero-order valence-electron chi connectivity index (χ0n) is 14.7. The van der Waals surface area contributed by atoms with Crippen LogP contribution in [0.1, 0.15) is 35.7 Å². The van der Waals surface area contributed by atoms with E-state index in [9.17, 15) is 13.2 Å². The average Bonchev–Trinajstić information content (AvgIpc) is 3.22. The van der Waals surface area contributed by atoms with Gasteiger partial charge in [0.25, 0.3) is 5.91 Å². The molecule has 1 aromatic carbocycles. The van der Waals surface area contributed by atoms with Crippen molar-refractivity contribution >= 4 is 15.7 Å². The number of benzene rings is 1. The summed E-state index contributed by atoms with van der Waals surface area (Å²) in [5, 5.41) is 0. The molecule has 2 aromatic rings. The summed E-state index contributed by atoms with van der Waals surface area (Å²) < 4.78 is 25.6. The van der Waals surface area contributed by atoms with Crippen LogP contribution in [-0.2, 0) is 9.84 Å². The number of hydrogen-bond acceptors (Lipinski definition) is 3. The number of carbonyl (C=O) groups is 1. The van der Waals surface area contributed by atoms with Crippen molar-refractivity contribution in [1.82, 2.24) is 9.47 Å². The third kappa shape index (κ3) is 3.79. The van der Waals surface area contributed by atoms with Crippen molar-refractivity contribution in [2.45, 2.75) is 32.7 Å². The highest BCUT2D eigenvalue weighted by Gasteiger charge is 2.34. The zero-order valence-corrected chi connectivity index (χ0v) is 15.5. The van der Waals surface area contributed by atoms with E-state index >= 15 is 0 Å². The second-order valence-electron chi connectivity index (χ2n) is 6.65. The maximum atomic E-state index is 13.1. The summed E-state index contributed by atoms with van der Waals surface area (Å²) in [6.07, 6.45) is 5.23. The van der Waals surface area contributed by atoms with Crippen LogP contribution in [0.2, 0.25) is 0 Å². The minimum absolute atomic E-state index is 0.0784. The lowest BCUT2D eigenvalue weighted by Gasteiger charge is -2.28. The molecule has 2 heterocycles. The summed E-state index contributed by atoms with van der Waals surface area (Å²) in [6, 6.07) is 9.34. The molecule has 3 rings (SSSR count). The van der Waals surface area contributed by atoms with Gasteiger partial charge in [0.2, 0.25) is 0 Å². The van der Waals surface area contributed by atoms with Crippen LogP contribution >= 0.6 is 0 Å². The number of aryl methyl sites for hydroxylation is 1. The quantitative estimate of drug-likeness (QED) is 0.824. The third-order valence-electron chi connectivity index (χ3n) is 4.71. The largest absolute Gasteiger partial charge is 0.335 e. The molecule has 1 saturated heterocycles. The molecule has 0 aliphatic carbocycles. The van der Waals surface area contributed by atoms with Crippen LogP contribution in [0.3, 0.4) is 0 Å². The molecule has 1 aliphatic rings. The summed E-state index contributed by atoms with van der Waals surface area (Å²) in [6.45, 7) is 4.59. The van der Waals surface area contributed by atoms with Gasteiger partial charge in [-0.3, -0.25) is 4.79 Å². The van der Waals surface area contributed by atoms with E-state index in [1.165, 1.54) is 0 Å². The number of amides is 1. The molecule has 0 spiro atoms. The lowest BCUT2D eigenvalue weighted by atomic mass is 10.1. The fraction of sp³-hybridized carbons (Fsp3) is 0.421. The van der Waals surface area contributed by atoms with Crippen molar-refractivity contribution in [2.24, 2.45) is 0 Å². The molecule has 6 heteroatoms. The van der Waals surface area contributed by atoms with Crippen LogP contribution in [0.15, 0.2) is 42.7 Å². The van der Waals surface area contributed by atoms with Gasteiger partial charge in [-0.1, -0.05) is 13.0 Å². The van der Waals surface area contributed by atoms with E-state index in [4.69, 9.17) is 0 Å². The minimum atomic E-state index is -3.02. The van der Waals surface area contributed by atoms with Crippen molar-refractivity contribution in [3.8, 4) is 5.69 Å². The maximum absolute atomic E-state index is 13.1. The van der Waals surface area contributed by atoms with Gasteiger partial charge in [-0.05, 0) is 49.6 Å². The van der Waals surface area contributed by atoms with Crippen LogP contribution in [-0.4, -0.2) is 47.9 Å². The molecule has 1 fully saturated rings. The highest BCUT2D eigenvalue weighted by molar-refractivity contribution is 7.91. The topological polar surface area (TPSA) is 59.4 Å². The lowest BCUT2D eigenvalue weighted by molar-refractivity contribution is 0.0697. The van der Waals surface area contributed by atoms with Gasteiger partial charge in [0.15, 0.2) is 9.84 Å². The molecule has 0 saturated carbocycles. The third-order valence-corrected chi connectivity index (χ3v) is 6.46. The van der Waals surface area contributed by atoms with Gasteiger partial charge in [0.05, 0.1) is 11.5 Å². The lowest BCUT2D eigenvalue weighted by Crippen LogP contribution is -2.41. The number of nitrogens with zero attached hydrogens (tertiary/aromatic N) is 2. The molecule has 0 bridgehead atoms. The van der Waals surface area contributed by atoms with Crippen LogP contribution in [0.5, 0.6) is 0 Å². The van der Waals surface area contributed by atoms with Gasteiger partial charge in [0.1, 0.15) is 0 Å². The van der Waals surface area contributed by atoms with E-state index in [-0.39, 0.29) is 23.5 Å². The minimum Gasteiger partial charge on any atom is -0.335 e. The van der Waals surface area contributed by atoms with E-state index in [1.807, 2.05) is 61.1 Å². The molecule has 134 valence electrons. The molecule has 5 nitrogen and oxygen atoms in total. The SMILES string of the molecule is CCCN(C(=O)c1ccc(C)c(-n2cccc2)c1)C1CCS(=O)(=O)C1. The highest BCUT2D eigenvalue weighted by Crippen LogP contribution is 2.23. The predicted molar refractivity (Wildman–Crippen MR) is 98.9 cm³/mol. The molecule has 1 atom stereocenters. The summed E-state index contributed by atoms with van der Waals surface area (Å²) in [7, 11) is -3.02. The Labute approximate surface area is 149 Å². The van der Waals surface area contributed by atoms with E-state index < -0.39 is 9.84 Å². The molecule has 1 aliphatic heterocycles. The zero-order chi connectivity index (χ0) is 18.0. The first-order valence-electron chi connectivity index (χ1n) is 8.66. The second-order valence-corrected chi connectivity index (χ2v) is 8.88. The molecule has 25 heavy (non-hydrogen) atoms. The van der Waals surface area contributed by atoms with Gasteiger partial charge in [-0.25, -0.2) is 8.42 Å². The van der Waals surface area contributed by atoms with Crippen molar-refractivity contribution in [3.63, 3.8) is 0 Å². The smallest absolute Gasteiger partial charge is 0.254 e. The Morgan fingerprint density at radius 3 is 2.60 bits per heavy atom. The van der Waals surface area contributed by atoms with Gasteiger partial charge in [-0.15, -0.1) is 0 Å². The normalized spacial score (nSPS) is 19.0. The van der Waals surface area contributed by atoms with E-state index in [0.29, 0.717) is 18.5 Å². The van der Waals surface area contributed by atoms with Crippen LogP contribution in [0.25, 0.3) is 5.69 Å². The molecule has 1 amide bonds. The Balaban J connectivity index is 1.91. The van der Waals surface area contributed by atoms with Gasteiger partial charge in [-0.2, -0.15) is 0 Å². The fourth-order valence-electron chi connectivity index (χ4n) is 3.39. The number of hydrogen-bond donors (Lipinski definition) is 0. The molecule has 0 radical (unpaired) electrons. The van der Waals surface area contributed by atoms with Crippen molar-refractivity contribution in [2.75, 3.05) is 18.1 Å². The van der Waals surface area contributed by atoms with Gasteiger partial charge >= 0.3 is 0 Å². The predicted octanol–water partition coefficient (Wildman–Crippen LogP) is 2.83. The Bertz CT molecular complexity index is 857. The fourth-order valence-corrected chi connectivity index (χ4v) is 5.12. The average molecular weight is 360 g/mol. The van der Waals surface area contributed by atoms with Crippen LogP contribution in [0, 0.1) is 6.92 Å². The highest BCUT2D eigenvalue weighted by atomic mass is 32.2. The monoisotopic (exact) mass is 360 g/mol. The van der Waals surface area contributed by atoms with Crippen LogP contribution in [0.4, 0.5) is 0 Å².